The highest BCUT2D eigenvalue weighted by Gasteiger charge is 2.64. The molecule has 57 heavy (non-hydrogen) atoms. The van der Waals surface area contributed by atoms with Crippen LogP contribution in [0.2, 0.25) is 0 Å². The Hall–Kier alpha value is -0.160. The molecule has 0 radical (unpaired) electrons. The minimum absolute atomic E-state index is 0.145. The fourth-order valence-electron chi connectivity index (χ4n) is 18.9. The zero-order chi connectivity index (χ0) is 40.3. The minimum Gasteiger partial charge on any atom is -0.393 e. The first-order valence-corrected chi connectivity index (χ1v) is 25.9. The summed E-state index contributed by atoms with van der Waals surface area (Å²) in [5.41, 5.74) is 1.49. The van der Waals surface area contributed by atoms with E-state index in [0.29, 0.717) is 69.0 Å². The van der Waals surface area contributed by atoms with E-state index in [4.69, 9.17) is 0 Å². The maximum atomic E-state index is 11.6. The van der Waals surface area contributed by atoms with E-state index in [9.17, 15) is 20.4 Å². The molecule has 0 spiro atoms. The number of rotatable bonds is 14. The van der Waals surface area contributed by atoms with Gasteiger partial charge in [0.05, 0.1) is 24.4 Å². The maximum absolute atomic E-state index is 11.6. The van der Waals surface area contributed by atoms with E-state index in [-0.39, 0.29) is 24.4 Å². The van der Waals surface area contributed by atoms with Crippen molar-refractivity contribution in [2.45, 2.75) is 239 Å². The van der Waals surface area contributed by atoms with Crippen molar-refractivity contribution in [2.24, 2.45) is 92.7 Å². The Morgan fingerprint density at radius 3 is 1.12 bits per heavy atom. The number of hydrogen-bond acceptors (Lipinski definition) is 4. The molecule has 8 aliphatic rings. The third-order valence-corrected chi connectivity index (χ3v) is 22.2. The summed E-state index contributed by atoms with van der Waals surface area (Å²) in [6.07, 6.45) is 33.7. The van der Waals surface area contributed by atoms with E-state index in [2.05, 4.69) is 41.5 Å². The van der Waals surface area contributed by atoms with Crippen LogP contribution in [0.5, 0.6) is 0 Å². The molecule has 8 fully saturated rings. The Bertz CT molecular complexity index is 1240. The molecule has 0 aliphatic heterocycles. The number of hydrogen-bond donors (Lipinski definition) is 4. The van der Waals surface area contributed by atoms with Gasteiger partial charge in [0, 0.05) is 0 Å². The molecule has 4 nitrogen and oxygen atoms in total. The summed E-state index contributed by atoms with van der Waals surface area (Å²) >= 11 is 0. The Labute approximate surface area is 351 Å². The summed E-state index contributed by atoms with van der Waals surface area (Å²) < 4.78 is 0. The van der Waals surface area contributed by atoms with Gasteiger partial charge in [-0.25, -0.2) is 0 Å². The summed E-state index contributed by atoms with van der Waals surface area (Å²) in [7, 11) is 0. The second-order valence-corrected chi connectivity index (χ2v) is 24.6. The lowest BCUT2D eigenvalue weighted by Gasteiger charge is -2.62. The van der Waals surface area contributed by atoms with Gasteiger partial charge in [-0.3, -0.25) is 0 Å². The van der Waals surface area contributed by atoms with E-state index < -0.39 is 0 Å². The first kappa shape index (κ1) is 43.5. The van der Waals surface area contributed by atoms with Crippen molar-refractivity contribution in [3.63, 3.8) is 0 Å². The molecule has 4 N–H and O–H groups in total. The first-order chi connectivity index (χ1) is 27.2. The van der Waals surface area contributed by atoms with Crippen molar-refractivity contribution in [3.8, 4) is 0 Å². The quantitative estimate of drug-likeness (QED) is 0.132. The van der Waals surface area contributed by atoms with Gasteiger partial charge in [0.2, 0.25) is 0 Å². The van der Waals surface area contributed by atoms with Gasteiger partial charge in [0.1, 0.15) is 0 Å². The molecule has 0 amide bonds. The van der Waals surface area contributed by atoms with Crippen LogP contribution in [0.4, 0.5) is 0 Å². The van der Waals surface area contributed by atoms with E-state index in [1.54, 1.807) is 0 Å². The predicted molar refractivity (Wildman–Crippen MR) is 234 cm³/mol. The Balaban J connectivity index is 0.699. The highest BCUT2D eigenvalue weighted by molar-refractivity contribution is 5.13. The molecular formula is C53H92O4. The Morgan fingerprint density at radius 2 is 0.737 bits per heavy atom. The molecule has 0 aromatic heterocycles. The predicted octanol–water partition coefficient (Wildman–Crippen LogP) is 12.5. The van der Waals surface area contributed by atoms with E-state index >= 15 is 0 Å². The van der Waals surface area contributed by atoms with Gasteiger partial charge in [0.15, 0.2) is 0 Å². The van der Waals surface area contributed by atoms with E-state index in [0.717, 1.165) is 62.2 Å². The number of aliphatic hydroxyl groups excluding tert-OH is 4. The number of fused-ring (bicyclic) bond motifs is 10. The molecule has 8 saturated carbocycles. The van der Waals surface area contributed by atoms with Gasteiger partial charge in [-0.1, -0.05) is 112 Å². The largest absolute Gasteiger partial charge is 0.393 e. The zero-order valence-electron chi connectivity index (χ0n) is 38.1. The summed E-state index contributed by atoms with van der Waals surface area (Å²) in [6.45, 7) is 15.5. The monoisotopic (exact) mass is 793 g/mol. The van der Waals surface area contributed by atoms with Crippen molar-refractivity contribution in [3.05, 3.63) is 0 Å². The topological polar surface area (TPSA) is 80.9 Å². The van der Waals surface area contributed by atoms with E-state index in [1.165, 1.54) is 135 Å². The fourth-order valence-corrected chi connectivity index (χ4v) is 18.9. The second-order valence-electron chi connectivity index (χ2n) is 24.6. The summed E-state index contributed by atoms with van der Waals surface area (Å²) in [5.74, 6) is 8.01. The highest BCUT2D eigenvalue weighted by atomic mass is 16.3. The molecule has 20 atom stereocenters. The number of unbranched alkanes of at least 4 members (excludes halogenated alkanes) is 8. The smallest absolute Gasteiger partial charge is 0.0577 e. The molecule has 0 heterocycles. The second kappa shape index (κ2) is 17.2. The van der Waals surface area contributed by atoms with Crippen LogP contribution in [-0.2, 0) is 0 Å². The van der Waals surface area contributed by atoms with Crippen molar-refractivity contribution >= 4 is 0 Å². The molecule has 328 valence electrons. The van der Waals surface area contributed by atoms with Crippen LogP contribution in [0.25, 0.3) is 0 Å². The lowest BCUT2D eigenvalue weighted by molar-refractivity contribution is -0.174. The first-order valence-electron chi connectivity index (χ1n) is 25.9. The van der Waals surface area contributed by atoms with Crippen molar-refractivity contribution in [2.75, 3.05) is 0 Å². The summed E-state index contributed by atoms with van der Waals surface area (Å²) in [5, 5.41) is 44.1. The molecule has 4 unspecified atom stereocenters. The average Bonchev–Trinajstić information content (AvgIpc) is 3.72. The maximum Gasteiger partial charge on any atom is 0.0577 e. The summed E-state index contributed by atoms with van der Waals surface area (Å²) in [6, 6.07) is 0. The van der Waals surface area contributed by atoms with Crippen LogP contribution < -0.4 is 0 Å². The molecule has 0 saturated heterocycles. The normalized spacial score (nSPS) is 51.5. The molecule has 8 rings (SSSR count). The highest BCUT2D eigenvalue weighted by Crippen LogP contribution is 2.70. The van der Waals surface area contributed by atoms with Crippen LogP contribution in [0.15, 0.2) is 0 Å². The van der Waals surface area contributed by atoms with Crippen LogP contribution in [-0.4, -0.2) is 44.8 Å². The van der Waals surface area contributed by atoms with Gasteiger partial charge in [-0.2, -0.15) is 0 Å². The average molecular weight is 793 g/mol. The van der Waals surface area contributed by atoms with Crippen LogP contribution in [0.1, 0.15) is 215 Å². The lowest BCUT2D eigenvalue weighted by Crippen LogP contribution is -2.58. The standard InChI is InChI=1S/C53H92O4/c1-34(40-18-20-42-48-44(24-28-52(40,42)5)50(3)26-22-38(54)30-36(50)32-46(48)56)16-14-12-10-8-7-9-11-13-15-17-35(2)41-19-21-43-49-45(25-29-53(41,43)6)51(4)27-23-39(55)31-37(51)33-47(49)57/h34-49,54-57H,7-33H2,1-6H3/t34-,35+,36?,37?,38-,39-,40-,41-,42?,43?,44+,45+,46+,47+,48+,49+,50+,51+,52-,53-/m1/s1. The third kappa shape index (κ3) is 7.82. The molecule has 4 heteroatoms. The van der Waals surface area contributed by atoms with Crippen molar-refractivity contribution < 1.29 is 20.4 Å². The number of aliphatic hydroxyl groups is 4. The van der Waals surface area contributed by atoms with Crippen LogP contribution in [0, 0.1) is 92.7 Å². The molecule has 0 aromatic rings. The van der Waals surface area contributed by atoms with Crippen LogP contribution >= 0.6 is 0 Å². The van der Waals surface area contributed by atoms with Crippen molar-refractivity contribution in [1.82, 2.24) is 0 Å². The molecule has 8 aliphatic carbocycles. The fraction of sp³-hybridized carbons (Fsp3) is 1.00. The van der Waals surface area contributed by atoms with Crippen molar-refractivity contribution in [1.29, 1.82) is 0 Å². The van der Waals surface area contributed by atoms with Crippen LogP contribution in [0.3, 0.4) is 0 Å². The molecular weight excluding hydrogens is 701 g/mol. The Morgan fingerprint density at radius 1 is 0.404 bits per heavy atom. The molecule has 0 aromatic carbocycles. The lowest BCUT2D eigenvalue weighted by atomic mass is 9.43. The SMILES string of the molecule is C[C@H](CCCCCCCCCCC[C@H](C)[C@H]1CCC2[C@@H]3[C@@H](O)CC4C[C@H](O)CC[C@]4(C)[C@H]3CC[C@@]21C)[C@H]1CCC2[C@@H]3[C@@H](O)CC4C[C@H](O)CC[C@]4(C)[C@H]3CC[C@@]21C. The van der Waals surface area contributed by atoms with Gasteiger partial charge >= 0.3 is 0 Å². The Kier molecular flexibility index (Phi) is 13.1. The van der Waals surface area contributed by atoms with Gasteiger partial charge < -0.3 is 20.4 Å². The van der Waals surface area contributed by atoms with Gasteiger partial charge in [0.25, 0.3) is 0 Å². The van der Waals surface area contributed by atoms with E-state index in [1.807, 2.05) is 0 Å². The molecule has 0 bridgehead atoms. The van der Waals surface area contributed by atoms with Gasteiger partial charge in [-0.15, -0.1) is 0 Å². The third-order valence-electron chi connectivity index (χ3n) is 22.2. The van der Waals surface area contributed by atoms with Gasteiger partial charge in [-0.05, 0) is 195 Å². The zero-order valence-corrected chi connectivity index (χ0v) is 38.1. The summed E-state index contributed by atoms with van der Waals surface area (Å²) in [4.78, 5) is 0. The minimum atomic E-state index is -0.154.